The molecule has 0 saturated carbocycles. The highest BCUT2D eigenvalue weighted by molar-refractivity contribution is 8.02. The summed E-state index contributed by atoms with van der Waals surface area (Å²) >= 11 is 1.22. The molecule has 0 spiro atoms. The van der Waals surface area contributed by atoms with Gasteiger partial charge < -0.3 is 10.0 Å². The zero-order chi connectivity index (χ0) is 21.3. The molecule has 1 aliphatic heterocycles. The number of nitriles is 1. The Labute approximate surface area is 179 Å². The van der Waals surface area contributed by atoms with Gasteiger partial charge in [-0.25, -0.2) is 9.97 Å². The van der Waals surface area contributed by atoms with Gasteiger partial charge in [-0.3, -0.25) is 0 Å². The smallest absolute Gasteiger partial charge is 0.207 e. The molecule has 1 saturated heterocycles. The van der Waals surface area contributed by atoms with Gasteiger partial charge in [0.2, 0.25) is 5.65 Å². The normalized spacial score (nSPS) is 16.9. The summed E-state index contributed by atoms with van der Waals surface area (Å²) in [5.41, 5.74) is 3.15. The summed E-state index contributed by atoms with van der Waals surface area (Å²) in [5, 5.41) is 30.4. The zero-order valence-electron chi connectivity index (χ0n) is 17.4. The van der Waals surface area contributed by atoms with Gasteiger partial charge in [-0.2, -0.15) is 10.1 Å². The molecule has 156 valence electrons. The average Bonchev–Trinajstić information content (AvgIpc) is 3.31. The van der Waals surface area contributed by atoms with E-state index in [1.807, 2.05) is 24.3 Å². The number of hydrogen-bond donors (Lipinski definition) is 1. The largest absolute Gasteiger partial charge is 0.391 e. The predicted octanol–water partition coefficient (Wildman–Crippen LogP) is 2.85. The summed E-state index contributed by atoms with van der Waals surface area (Å²) in [6, 6.07) is 8.01. The number of hydrogen-bond acceptors (Lipinski definition) is 8. The molecule has 8 nitrogen and oxygen atoms in total. The van der Waals surface area contributed by atoms with Crippen LogP contribution in [-0.4, -0.2) is 49.3 Å². The summed E-state index contributed by atoms with van der Waals surface area (Å²) < 4.78 is 0. The lowest BCUT2D eigenvalue weighted by molar-refractivity contribution is 0.198. The van der Waals surface area contributed by atoms with Crippen molar-refractivity contribution in [3.63, 3.8) is 0 Å². The third-order valence-electron chi connectivity index (χ3n) is 5.13. The number of anilines is 1. The van der Waals surface area contributed by atoms with Crippen LogP contribution in [0.25, 0.3) is 11.2 Å². The lowest BCUT2D eigenvalue weighted by Gasteiger charge is -2.21. The molecule has 4 rings (SSSR count). The Morgan fingerprint density at radius 1 is 1.20 bits per heavy atom. The van der Waals surface area contributed by atoms with Crippen LogP contribution in [0, 0.1) is 10.7 Å². The second-order valence-corrected chi connectivity index (χ2v) is 9.32. The van der Waals surface area contributed by atoms with E-state index in [-0.39, 0.29) is 11.5 Å². The second-order valence-electron chi connectivity index (χ2n) is 8.56. The fraction of sp³-hybridized carbons (Fsp3) is 0.476. The molecule has 0 aliphatic carbocycles. The lowest BCUT2D eigenvalue weighted by atomic mass is 9.96. The highest BCUT2D eigenvalue weighted by Gasteiger charge is 2.28. The first-order valence-electron chi connectivity index (χ1n) is 9.99. The van der Waals surface area contributed by atoms with Crippen molar-refractivity contribution in [3.05, 3.63) is 41.2 Å². The van der Waals surface area contributed by atoms with Crippen molar-refractivity contribution in [1.29, 1.82) is 5.26 Å². The van der Waals surface area contributed by atoms with Crippen LogP contribution in [0.5, 0.6) is 0 Å². The van der Waals surface area contributed by atoms with Crippen LogP contribution in [0.15, 0.2) is 24.3 Å². The van der Waals surface area contributed by atoms with E-state index in [2.05, 4.69) is 41.2 Å². The molecule has 1 aromatic carbocycles. The van der Waals surface area contributed by atoms with Gasteiger partial charge in [-0.1, -0.05) is 45.0 Å². The molecule has 9 heteroatoms. The minimum Gasteiger partial charge on any atom is -0.391 e. The number of benzene rings is 1. The molecule has 0 radical (unpaired) electrons. The molecule has 30 heavy (non-hydrogen) atoms. The van der Waals surface area contributed by atoms with Crippen molar-refractivity contribution in [3.8, 4) is 5.40 Å². The molecule has 2 aromatic heterocycles. The Bertz CT molecular complexity index is 1100. The summed E-state index contributed by atoms with van der Waals surface area (Å²) in [5.74, 6) is 2.07. The SMILES string of the molecule is CC(C)(C)c1nc(N2CC[C@H](O)C2)c2nn(Cc3ccccc3CSC#N)nc2n1. The van der Waals surface area contributed by atoms with Crippen molar-refractivity contribution in [2.45, 2.75) is 51.0 Å². The molecular formula is C21H25N7OS. The van der Waals surface area contributed by atoms with Gasteiger partial charge in [0.05, 0.1) is 12.6 Å². The minimum atomic E-state index is -0.354. The number of aliphatic hydroxyl groups excluding tert-OH is 1. The number of rotatable bonds is 5. The number of thioether (sulfide) groups is 1. The fourth-order valence-electron chi connectivity index (χ4n) is 3.51. The van der Waals surface area contributed by atoms with E-state index in [1.54, 1.807) is 4.80 Å². The Morgan fingerprint density at radius 2 is 1.97 bits per heavy atom. The van der Waals surface area contributed by atoms with Gasteiger partial charge in [0.1, 0.15) is 11.2 Å². The number of aromatic nitrogens is 5. The van der Waals surface area contributed by atoms with Gasteiger partial charge in [-0.15, -0.1) is 10.2 Å². The fourth-order valence-corrected chi connectivity index (χ4v) is 4.02. The Balaban J connectivity index is 1.74. The van der Waals surface area contributed by atoms with Crippen molar-refractivity contribution in [2.24, 2.45) is 0 Å². The predicted molar refractivity (Wildman–Crippen MR) is 117 cm³/mol. The van der Waals surface area contributed by atoms with E-state index in [9.17, 15) is 5.11 Å². The van der Waals surface area contributed by atoms with Crippen molar-refractivity contribution >= 4 is 28.7 Å². The second kappa shape index (κ2) is 8.20. The molecule has 1 N–H and O–H groups in total. The topological polar surface area (TPSA) is 104 Å². The highest BCUT2D eigenvalue weighted by Crippen LogP contribution is 2.29. The first-order chi connectivity index (χ1) is 14.3. The van der Waals surface area contributed by atoms with Gasteiger partial charge in [-0.05, 0) is 29.3 Å². The number of aliphatic hydroxyl groups is 1. The van der Waals surface area contributed by atoms with Crippen molar-refractivity contribution in [1.82, 2.24) is 25.0 Å². The summed E-state index contributed by atoms with van der Waals surface area (Å²) in [4.78, 5) is 13.2. The van der Waals surface area contributed by atoms with E-state index >= 15 is 0 Å². The van der Waals surface area contributed by atoms with Crippen LogP contribution < -0.4 is 4.90 Å². The lowest BCUT2D eigenvalue weighted by Crippen LogP contribution is -2.25. The van der Waals surface area contributed by atoms with Crippen LogP contribution in [-0.2, 0) is 17.7 Å². The number of β-amino-alcohol motifs (C(OH)–C–C–N with tert-alkyl or cyclic N) is 1. The number of thiocyanates is 1. The van der Waals surface area contributed by atoms with E-state index < -0.39 is 0 Å². The standard InChI is InChI=1S/C21H25N7OS/c1-21(2,3)20-23-18-17(19(24-20)27-9-8-16(29)11-27)25-28(26-18)10-14-6-4-5-7-15(14)12-30-13-22/h4-7,16,29H,8-12H2,1-3H3/t16-/m0/s1. The molecule has 0 amide bonds. The van der Waals surface area contributed by atoms with Crippen LogP contribution >= 0.6 is 11.8 Å². The first-order valence-corrected chi connectivity index (χ1v) is 11.0. The summed E-state index contributed by atoms with van der Waals surface area (Å²) in [6.07, 6.45) is 0.363. The molecular weight excluding hydrogens is 398 g/mol. The van der Waals surface area contributed by atoms with Crippen LogP contribution in [0.4, 0.5) is 5.82 Å². The summed E-state index contributed by atoms with van der Waals surface area (Å²) in [7, 11) is 0. The van der Waals surface area contributed by atoms with Crippen LogP contribution in [0.3, 0.4) is 0 Å². The van der Waals surface area contributed by atoms with Crippen molar-refractivity contribution in [2.75, 3.05) is 18.0 Å². The zero-order valence-corrected chi connectivity index (χ0v) is 18.2. The van der Waals surface area contributed by atoms with Gasteiger partial charge in [0.25, 0.3) is 0 Å². The number of fused-ring (bicyclic) bond motifs is 1. The molecule has 0 unspecified atom stereocenters. The maximum absolute atomic E-state index is 10.0. The average molecular weight is 424 g/mol. The summed E-state index contributed by atoms with van der Waals surface area (Å²) in [6.45, 7) is 7.99. The molecule has 1 atom stereocenters. The van der Waals surface area contributed by atoms with Crippen LogP contribution in [0.1, 0.15) is 44.1 Å². The monoisotopic (exact) mass is 423 g/mol. The molecule has 0 bridgehead atoms. The van der Waals surface area contributed by atoms with Gasteiger partial charge >= 0.3 is 0 Å². The van der Waals surface area contributed by atoms with Gasteiger partial charge in [0, 0.05) is 24.3 Å². The first kappa shape index (κ1) is 20.6. The third kappa shape index (κ3) is 4.25. The molecule has 3 heterocycles. The molecule has 3 aromatic rings. The van der Waals surface area contributed by atoms with E-state index in [1.165, 1.54) is 11.8 Å². The highest BCUT2D eigenvalue weighted by atomic mass is 32.2. The maximum Gasteiger partial charge on any atom is 0.207 e. The van der Waals surface area contributed by atoms with Crippen LogP contribution in [0.2, 0.25) is 0 Å². The minimum absolute atomic E-state index is 0.230. The van der Waals surface area contributed by atoms with Gasteiger partial charge in [0.15, 0.2) is 11.3 Å². The third-order valence-corrected chi connectivity index (χ3v) is 5.71. The Morgan fingerprint density at radius 3 is 2.63 bits per heavy atom. The van der Waals surface area contributed by atoms with Crippen molar-refractivity contribution < 1.29 is 5.11 Å². The number of nitrogens with zero attached hydrogens (tertiary/aromatic N) is 7. The Kier molecular flexibility index (Phi) is 5.62. The molecule has 1 aliphatic rings. The quantitative estimate of drug-likeness (QED) is 0.625. The van der Waals surface area contributed by atoms with E-state index in [4.69, 9.17) is 15.3 Å². The maximum atomic E-state index is 10.0. The van der Waals surface area contributed by atoms with E-state index in [0.717, 1.165) is 23.5 Å². The Hall–Kier alpha value is -2.70. The molecule has 1 fully saturated rings. The van der Waals surface area contributed by atoms with E-state index in [0.29, 0.717) is 42.3 Å².